The molecule has 0 radical (unpaired) electrons. The van der Waals surface area contributed by atoms with Gasteiger partial charge in [-0.15, -0.1) is 0 Å². The van der Waals surface area contributed by atoms with Crippen molar-refractivity contribution in [2.24, 2.45) is 0 Å². The van der Waals surface area contributed by atoms with Gasteiger partial charge in [-0.1, -0.05) is 0 Å². The Hall–Kier alpha value is -0.590. The molecule has 0 saturated heterocycles. The van der Waals surface area contributed by atoms with E-state index < -0.39 is 32.4 Å². The molecule has 70 valence electrons. The van der Waals surface area contributed by atoms with Crippen molar-refractivity contribution in [3.63, 3.8) is 0 Å². The van der Waals surface area contributed by atoms with Crippen LogP contribution in [0, 0.1) is 21.0 Å². The van der Waals surface area contributed by atoms with E-state index in [0.29, 0.717) is 6.07 Å². The van der Waals surface area contributed by atoms with Crippen LogP contribution in [-0.4, -0.2) is 5.78 Å². The summed E-state index contributed by atoms with van der Waals surface area (Å²) < 4.78 is 38.1. The van der Waals surface area contributed by atoms with E-state index in [0.717, 1.165) is 6.92 Å². The first kappa shape index (κ1) is 10.5. The summed E-state index contributed by atoms with van der Waals surface area (Å²) in [7, 11) is 0. The molecule has 0 spiro atoms. The first-order valence-corrected chi connectivity index (χ1v) is 4.37. The minimum Gasteiger partial charge on any atom is -0.294 e. The van der Waals surface area contributed by atoms with Crippen LogP contribution in [0.3, 0.4) is 0 Å². The maximum absolute atomic E-state index is 12.9. The highest BCUT2D eigenvalue weighted by Crippen LogP contribution is 2.21. The molecule has 0 aliphatic carbocycles. The molecule has 0 fully saturated rings. The Morgan fingerprint density at radius 1 is 1.31 bits per heavy atom. The molecule has 0 aromatic heterocycles. The Morgan fingerprint density at radius 2 is 1.85 bits per heavy atom. The number of rotatable bonds is 1. The summed E-state index contributed by atoms with van der Waals surface area (Å²) >= 11 is 1.33. The van der Waals surface area contributed by atoms with Crippen molar-refractivity contribution in [2.75, 3.05) is 0 Å². The summed E-state index contributed by atoms with van der Waals surface area (Å²) in [5, 5.41) is 0. The number of hydrogen-bond acceptors (Lipinski definition) is 1. The summed E-state index contributed by atoms with van der Waals surface area (Å²) in [6.07, 6.45) is 0. The Morgan fingerprint density at radius 3 is 2.31 bits per heavy atom. The van der Waals surface area contributed by atoms with Crippen molar-refractivity contribution in [1.82, 2.24) is 0 Å². The fourth-order valence-electron chi connectivity index (χ4n) is 0.829. The molecular weight excluding hydrogens is 296 g/mol. The maximum Gasteiger partial charge on any atom is 0.175 e. The maximum atomic E-state index is 12.9. The molecular formula is C8H4F3IO. The van der Waals surface area contributed by atoms with Crippen molar-refractivity contribution >= 4 is 28.4 Å². The second-order valence-corrected chi connectivity index (χ2v) is 3.48. The molecule has 1 aromatic rings. The molecule has 13 heavy (non-hydrogen) atoms. The first-order valence-electron chi connectivity index (χ1n) is 3.29. The van der Waals surface area contributed by atoms with Gasteiger partial charge < -0.3 is 0 Å². The number of carbonyl (C=O) groups is 1. The Kier molecular flexibility index (Phi) is 2.94. The largest absolute Gasteiger partial charge is 0.294 e. The van der Waals surface area contributed by atoms with Crippen LogP contribution in [0.25, 0.3) is 0 Å². The molecule has 0 bridgehead atoms. The summed E-state index contributed by atoms with van der Waals surface area (Å²) in [6, 6.07) is 0.697. The van der Waals surface area contributed by atoms with Gasteiger partial charge in [0.2, 0.25) is 0 Å². The van der Waals surface area contributed by atoms with Gasteiger partial charge in [0.05, 0.1) is 9.13 Å². The van der Waals surface area contributed by atoms with Gasteiger partial charge in [0, 0.05) is 0 Å². The fourth-order valence-corrected chi connectivity index (χ4v) is 1.22. The van der Waals surface area contributed by atoms with Crippen molar-refractivity contribution in [3.8, 4) is 0 Å². The molecule has 0 N–H and O–H groups in total. The molecule has 1 nitrogen and oxygen atoms in total. The van der Waals surface area contributed by atoms with Gasteiger partial charge in [-0.2, -0.15) is 0 Å². The van der Waals surface area contributed by atoms with Crippen molar-refractivity contribution in [3.05, 3.63) is 32.7 Å². The highest BCUT2D eigenvalue weighted by Gasteiger charge is 2.18. The number of halogens is 4. The van der Waals surface area contributed by atoms with Crippen LogP contribution in [-0.2, 0) is 0 Å². The van der Waals surface area contributed by atoms with Gasteiger partial charge in [-0.05, 0) is 35.6 Å². The average molecular weight is 300 g/mol. The summed E-state index contributed by atoms with van der Waals surface area (Å²) in [4.78, 5) is 10.7. The molecule has 5 heteroatoms. The Bertz CT molecular complexity index is 376. The molecule has 0 aliphatic heterocycles. The van der Waals surface area contributed by atoms with E-state index in [1.165, 1.54) is 22.6 Å². The molecule has 0 atom stereocenters. The van der Waals surface area contributed by atoms with Crippen LogP contribution in [0.4, 0.5) is 13.2 Å². The summed E-state index contributed by atoms with van der Waals surface area (Å²) in [5.74, 6) is -4.24. The number of ketones is 1. The normalized spacial score (nSPS) is 10.2. The SMILES string of the molecule is CC(=O)c1cc(F)c(I)c(F)c1F. The number of carbonyl (C=O) groups excluding carboxylic acids is 1. The second kappa shape index (κ2) is 3.65. The summed E-state index contributed by atoms with van der Waals surface area (Å²) in [6.45, 7) is 1.05. The lowest BCUT2D eigenvalue weighted by molar-refractivity contribution is 0.101. The van der Waals surface area contributed by atoms with Crippen LogP contribution >= 0.6 is 22.6 Å². The summed E-state index contributed by atoms with van der Waals surface area (Å²) in [5.41, 5.74) is -0.560. The van der Waals surface area contributed by atoms with Crippen molar-refractivity contribution in [2.45, 2.75) is 6.92 Å². The number of benzene rings is 1. The highest BCUT2D eigenvalue weighted by atomic mass is 127. The zero-order chi connectivity index (χ0) is 10.2. The molecule has 0 aliphatic rings. The lowest BCUT2D eigenvalue weighted by Gasteiger charge is -2.02. The van der Waals surface area contributed by atoms with Gasteiger partial charge in [0.25, 0.3) is 0 Å². The van der Waals surface area contributed by atoms with Crippen molar-refractivity contribution < 1.29 is 18.0 Å². The van der Waals surface area contributed by atoms with E-state index in [1.54, 1.807) is 0 Å². The lowest BCUT2D eigenvalue weighted by atomic mass is 10.1. The smallest absolute Gasteiger partial charge is 0.175 e. The highest BCUT2D eigenvalue weighted by molar-refractivity contribution is 14.1. The monoisotopic (exact) mass is 300 g/mol. The number of hydrogen-bond donors (Lipinski definition) is 0. The predicted molar refractivity (Wildman–Crippen MR) is 49.0 cm³/mol. The topological polar surface area (TPSA) is 17.1 Å². The van der Waals surface area contributed by atoms with E-state index in [9.17, 15) is 18.0 Å². The number of Topliss-reactive ketones (excluding diaryl/α,β-unsaturated/α-hetero) is 1. The van der Waals surface area contributed by atoms with Crippen LogP contribution in [0.15, 0.2) is 6.07 Å². The predicted octanol–water partition coefficient (Wildman–Crippen LogP) is 2.91. The second-order valence-electron chi connectivity index (χ2n) is 2.40. The zero-order valence-electron chi connectivity index (χ0n) is 6.50. The minimum absolute atomic E-state index is 0.444. The third-order valence-corrected chi connectivity index (χ3v) is 2.47. The first-order chi connectivity index (χ1) is 5.95. The van der Waals surface area contributed by atoms with Gasteiger partial charge in [-0.25, -0.2) is 13.2 Å². The van der Waals surface area contributed by atoms with Crippen molar-refractivity contribution in [1.29, 1.82) is 0 Å². The van der Waals surface area contributed by atoms with E-state index in [-0.39, 0.29) is 0 Å². The van der Waals surface area contributed by atoms with E-state index >= 15 is 0 Å². The quantitative estimate of drug-likeness (QED) is 0.337. The standard InChI is InChI=1S/C8H4F3IO/c1-3(13)4-2-5(9)8(12)7(11)6(4)10/h2H,1H3. The lowest BCUT2D eigenvalue weighted by Crippen LogP contribution is -2.04. The fraction of sp³-hybridized carbons (Fsp3) is 0.125. The minimum atomic E-state index is -1.31. The van der Waals surface area contributed by atoms with Crippen LogP contribution in [0.2, 0.25) is 0 Å². The van der Waals surface area contributed by atoms with Crippen LogP contribution in [0.5, 0.6) is 0 Å². The van der Waals surface area contributed by atoms with Gasteiger partial charge >= 0.3 is 0 Å². The third kappa shape index (κ3) is 1.84. The third-order valence-electron chi connectivity index (χ3n) is 1.48. The van der Waals surface area contributed by atoms with E-state index in [1.807, 2.05) is 0 Å². The molecule has 0 unspecified atom stereocenters. The van der Waals surface area contributed by atoms with Gasteiger partial charge in [0.15, 0.2) is 17.4 Å². The molecule has 1 rings (SSSR count). The van der Waals surface area contributed by atoms with E-state index in [4.69, 9.17) is 0 Å². The molecule has 0 saturated carbocycles. The van der Waals surface area contributed by atoms with Gasteiger partial charge in [0.1, 0.15) is 5.82 Å². The Balaban J connectivity index is 3.50. The van der Waals surface area contributed by atoms with Crippen LogP contribution < -0.4 is 0 Å². The average Bonchev–Trinajstić information content (AvgIpc) is 2.07. The zero-order valence-corrected chi connectivity index (χ0v) is 8.65. The van der Waals surface area contributed by atoms with Gasteiger partial charge in [-0.3, -0.25) is 4.79 Å². The molecule has 0 heterocycles. The Labute approximate surface area is 86.1 Å². The van der Waals surface area contributed by atoms with E-state index in [2.05, 4.69) is 0 Å². The van der Waals surface area contributed by atoms with Crippen LogP contribution in [0.1, 0.15) is 17.3 Å². The molecule has 0 amide bonds. The molecule has 1 aromatic carbocycles.